The van der Waals surface area contributed by atoms with Gasteiger partial charge in [0.05, 0.1) is 6.04 Å². The predicted octanol–water partition coefficient (Wildman–Crippen LogP) is 1.58. The van der Waals surface area contributed by atoms with Gasteiger partial charge in [-0.1, -0.05) is 0 Å². The van der Waals surface area contributed by atoms with Crippen LogP contribution in [0.4, 0.5) is 0 Å². The van der Waals surface area contributed by atoms with Crippen LogP contribution in [-0.4, -0.2) is 39.9 Å². The highest BCUT2D eigenvalue weighted by molar-refractivity contribution is 5.93. The molecule has 2 amide bonds. The summed E-state index contributed by atoms with van der Waals surface area (Å²) in [6.07, 6.45) is 3.97. The lowest BCUT2D eigenvalue weighted by atomic mass is 9.99. The van der Waals surface area contributed by atoms with Crippen LogP contribution in [0, 0.1) is 19.8 Å². The summed E-state index contributed by atoms with van der Waals surface area (Å²) in [7, 11) is 3.69. The molecule has 1 N–H and O–H groups in total. The summed E-state index contributed by atoms with van der Waals surface area (Å²) in [5.74, 6) is 1.66. The Kier molecular flexibility index (Phi) is 4.17. The molecule has 0 saturated carbocycles. The number of nitrogens with zero attached hydrogens (tertiary/aromatic N) is 3. The first-order valence-electron chi connectivity index (χ1n) is 7.96. The summed E-state index contributed by atoms with van der Waals surface area (Å²) in [4.78, 5) is 30.5. The van der Waals surface area contributed by atoms with E-state index in [2.05, 4.69) is 10.3 Å². The number of furan rings is 1. The number of aromatic nitrogens is 2. The number of hydrogen-bond donors (Lipinski definition) is 1. The van der Waals surface area contributed by atoms with Crippen LogP contribution in [0.2, 0.25) is 0 Å². The molecule has 2 aromatic rings. The lowest BCUT2D eigenvalue weighted by molar-refractivity contribution is -0.127. The number of nitrogens with one attached hydrogen (secondary N) is 1. The third-order valence-electron chi connectivity index (χ3n) is 4.59. The van der Waals surface area contributed by atoms with Gasteiger partial charge in [-0.15, -0.1) is 0 Å². The molecule has 1 aliphatic rings. The summed E-state index contributed by atoms with van der Waals surface area (Å²) in [6, 6.07) is 1.69. The first-order chi connectivity index (χ1) is 11.4. The first kappa shape index (κ1) is 16.3. The molecule has 2 aromatic heterocycles. The summed E-state index contributed by atoms with van der Waals surface area (Å²) in [6.45, 7) is 4.05. The van der Waals surface area contributed by atoms with Crippen LogP contribution in [0.1, 0.15) is 40.2 Å². The second-order valence-corrected chi connectivity index (χ2v) is 6.39. The maximum absolute atomic E-state index is 12.3. The Morgan fingerprint density at radius 1 is 1.42 bits per heavy atom. The van der Waals surface area contributed by atoms with Crippen molar-refractivity contribution >= 4 is 11.8 Å². The molecule has 3 rings (SSSR count). The molecule has 128 valence electrons. The molecule has 7 heteroatoms. The van der Waals surface area contributed by atoms with Gasteiger partial charge in [-0.05, 0) is 19.9 Å². The molecule has 1 fully saturated rings. The smallest absolute Gasteiger partial charge is 0.287 e. The lowest BCUT2D eigenvalue weighted by Gasteiger charge is -2.24. The van der Waals surface area contributed by atoms with Gasteiger partial charge in [-0.2, -0.15) is 0 Å². The van der Waals surface area contributed by atoms with E-state index in [9.17, 15) is 9.59 Å². The Balaban J connectivity index is 1.74. The highest BCUT2D eigenvalue weighted by Crippen LogP contribution is 2.35. The minimum Gasteiger partial charge on any atom is -0.456 e. The fourth-order valence-electron chi connectivity index (χ4n) is 3.35. The largest absolute Gasteiger partial charge is 0.456 e. The van der Waals surface area contributed by atoms with E-state index < -0.39 is 0 Å². The quantitative estimate of drug-likeness (QED) is 0.923. The lowest BCUT2D eigenvalue weighted by Crippen LogP contribution is -2.33. The van der Waals surface area contributed by atoms with Crippen LogP contribution in [0.25, 0.3) is 0 Å². The average molecular weight is 330 g/mol. The summed E-state index contributed by atoms with van der Waals surface area (Å²) < 4.78 is 7.36. The second kappa shape index (κ2) is 6.14. The Morgan fingerprint density at radius 2 is 2.17 bits per heavy atom. The Morgan fingerprint density at radius 3 is 2.75 bits per heavy atom. The third-order valence-corrected chi connectivity index (χ3v) is 4.59. The molecule has 2 atom stereocenters. The third kappa shape index (κ3) is 2.81. The van der Waals surface area contributed by atoms with E-state index in [0.717, 1.165) is 11.4 Å². The molecule has 3 heterocycles. The van der Waals surface area contributed by atoms with Crippen molar-refractivity contribution in [1.82, 2.24) is 19.8 Å². The number of likely N-dealkylation sites (tertiary alicyclic amines) is 1. The molecule has 0 aromatic carbocycles. The monoisotopic (exact) mass is 330 g/mol. The van der Waals surface area contributed by atoms with E-state index in [-0.39, 0.29) is 23.8 Å². The van der Waals surface area contributed by atoms with Gasteiger partial charge in [-0.25, -0.2) is 4.98 Å². The summed E-state index contributed by atoms with van der Waals surface area (Å²) in [5, 5.41) is 2.90. The summed E-state index contributed by atoms with van der Waals surface area (Å²) >= 11 is 0. The molecule has 0 spiro atoms. The van der Waals surface area contributed by atoms with Gasteiger partial charge in [0.1, 0.15) is 11.6 Å². The van der Waals surface area contributed by atoms with Crippen molar-refractivity contribution < 1.29 is 14.0 Å². The highest BCUT2D eigenvalue weighted by atomic mass is 16.3. The first-order valence-corrected chi connectivity index (χ1v) is 7.96. The van der Waals surface area contributed by atoms with E-state index in [1.807, 2.05) is 37.7 Å². The van der Waals surface area contributed by atoms with Crippen LogP contribution >= 0.6 is 0 Å². The van der Waals surface area contributed by atoms with Crippen molar-refractivity contribution in [2.45, 2.75) is 26.3 Å². The number of hydrogen-bond acceptors (Lipinski definition) is 4. The number of amides is 2. The number of aryl methyl sites for hydroxylation is 3. The van der Waals surface area contributed by atoms with E-state index in [1.54, 1.807) is 18.1 Å². The fourth-order valence-corrected chi connectivity index (χ4v) is 3.35. The molecular formula is C17H22N4O3. The maximum atomic E-state index is 12.3. The molecule has 0 unspecified atom stereocenters. The van der Waals surface area contributed by atoms with Gasteiger partial charge in [0.2, 0.25) is 5.91 Å². The van der Waals surface area contributed by atoms with Crippen molar-refractivity contribution in [3.8, 4) is 0 Å². The van der Waals surface area contributed by atoms with Gasteiger partial charge < -0.3 is 19.2 Å². The van der Waals surface area contributed by atoms with Crippen molar-refractivity contribution in [3.05, 3.63) is 41.4 Å². The highest BCUT2D eigenvalue weighted by Gasteiger charge is 2.40. The van der Waals surface area contributed by atoms with Gasteiger partial charge in [0.15, 0.2) is 5.76 Å². The molecule has 1 aliphatic heterocycles. The number of rotatable bonds is 4. The SMILES string of the molecule is Cc1cc(C)c(C(=O)NC[C@@H]2CC(=O)N(C)[C@H]2c2nccn2C)o1. The zero-order valence-electron chi connectivity index (χ0n) is 14.4. The van der Waals surface area contributed by atoms with Crippen LogP contribution in [0.5, 0.6) is 0 Å². The fraction of sp³-hybridized carbons (Fsp3) is 0.471. The minimum atomic E-state index is -0.249. The predicted molar refractivity (Wildman–Crippen MR) is 87.3 cm³/mol. The van der Waals surface area contributed by atoms with Crippen LogP contribution < -0.4 is 5.32 Å². The molecule has 24 heavy (non-hydrogen) atoms. The minimum absolute atomic E-state index is 0.0242. The van der Waals surface area contributed by atoms with Gasteiger partial charge >= 0.3 is 0 Å². The molecular weight excluding hydrogens is 308 g/mol. The molecule has 0 aliphatic carbocycles. The van der Waals surface area contributed by atoms with Crippen molar-refractivity contribution in [2.24, 2.45) is 13.0 Å². The summed E-state index contributed by atoms with van der Waals surface area (Å²) in [5.41, 5.74) is 0.810. The van der Waals surface area contributed by atoms with E-state index in [0.29, 0.717) is 24.5 Å². The number of carbonyl (C=O) groups excluding carboxylic acids is 2. The molecule has 7 nitrogen and oxygen atoms in total. The zero-order valence-corrected chi connectivity index (χ0v) is 14.4. The van der Waals surface area contributed by atoms with E-state index >= 15 is 0 Å². The van der Waals surface area contributed by atoms with E-state index in [4.69, 9.17) is 4.42 Å². The average Bonchev–Trinajstić information content (AvgIpc) is 3.16. The van der Waals surface area contributed by atoms with Crippen LogP contribution in [0.3, 0.4) is 0 Å². The Labute approximate surface area is 140 Å². The van der Waals surface area contributed by atoms with Crippen molar-refractivity contribution in [2.75, 3.05) is 13.6 Å². The standard InChI is InChI=1S/C17H22N4O3/c1-10-7-11(2)24-15(10)17(23)19-9-12-8-13(22)21(4)14(12)16-18-5-6-20(16)3/h5-7,12,14H,8-9H2,1-4H3,(H,19,23)/t12-,14+/m0/s1. The van der Waals surface area contributed by atoms with Crippen LogP contribution in [-0.2, 0) is 11.8 Å². The van der Waals surface area contributed by atoms with Gasteiger partial charge in [0, 0.05) is 50.9 Å². The Bertz CT molecular complexity index is 777. The second-order valence-electron chi connectivity index (χ2n) is 6.39. The number of imidazole rings is 1. The maximum Gasteiger partial charge on any atom is 0.287 e. The molecule has 0 radical (unpaired) electrons. The van der Waals surface area contributed by atoms with Crippen LogP contribution in [0.15, 0.2) is 22.9 Å². The Hall–Kier alpha value is -2.57. The van der Waals surface area contributed by atoms with E-state index in [1.165, 1.54) is 0 Å². The van der Waals surface area contributed by atoms with Crippen molar-refractivity contribution in [3.63, 3.8) is 0 Å². The van der Waals surface area contributed by atoms with Crippen molar-refractivity contribution in [1.29, 1.82) is 0 Å². The number of carbonyl (C=O) groups is 2. The topological polar surface area (TPSA) is 80.4 Å². The molecule has 1 saturated heterocycles. The normalized spacial score (nSPS) is 20.7. The van der Waals surface area contributed by atoms with Gasteiger partial charge in [0.25, 0.3) is 5.91 Å². The zero-order chi connectivity index (χ0) is 17.4. The van der Waals surface area contributed by atoms with Gasteiger partial charge in [-0.3, -0.25) is 9.59 Å². The molecule has 0 bridgehead atoms.